The quantitative estimate of drug-likeness (QED) is 0.573. The highest BCUT2D eigenvalue weighted by atomic mass is 16.2. The third-order valence-corrected chi connectivity index (χ3v) is 3.07. The van der Waals surface area contributed by atoms with Gasteiger partial charge in [-0.25, -0.2) is 4.90 Å². The summed E-state index contributed by atoms with van der Waals surface area (Å²) in [6, 6.07) is 13.6. The minimum atomic E-state index is -0.310. The molecule has 0 spiro atoms. The van der Waals surface area contributed by atoms with Crippen LogP contribution in [0, 0.1) is 12.3 Å². The molecule has 0 bridgehead atoms. The summed E-state index contributed by atoms with van der Waals surface area (Å²) in [6.07, 6.45) is 5.33. The molecule has 3 heteroatoms. The molecule has 0 aromatic heterocycles. The van der Waals surface area contributed by atoms with E-state index in [-0.39, 0.29) is 11.8 Å². The third kappa shape index (κ3) is 1.62. The van der Waals surface area contributed by atoms with Gasteiger partial charge in [0.2, 0.25) is 0 Å². The van der Waals surface area contributed by atoms with E-state index in [4.69, 9.17) is 6.42 Å². The van der Waals surface area contributed by atoms with Crippen LogP contribution in [0.25, 0.3) is 0 Å². The zero-order chi connectivity index (χ0) is 13.4. The van der Waals surface area contributed by atoms with Gasteiger partial charge in [0.1, 0.15) is 0 Å². The molecule has 0 unspecified atom stereocenters. The van der Waals surface area contributed by atoms with Gasteiger partial charge in [0, 0.05) is 5.56 Å². The Morgan fingerprint density at radius 3 is 2.11 bits per heavy atom. The van der Waals surface area contributed by atoms with Crippen LogP contribution in [0.5, 0.6) is 0 Å². The van der Waals surface area contributed by atoms with Gasteiger partial charge in [-0.3, -0.25) is 9.59 Å². The van der Waals surface area contributed by atoms with Crippen molar-refractivity contribution in [2.45, 2.75) is 0 Å². The van der Waals surface area contributed by atoms with E-state index in [1.165, 1.54) is 0 Å². The fourth-order valence-corrected chi connectivity index (χ4v) is 2.16. The van der Waals surface area contributed by atoms with Crippen molar-refractivity contribution in [3.63, 3.8) is 0 Å². The van der Waals surface area contributed by atoms with Gasteiger partial charge in [0.15, 0.2) is 0 Å². The molecule has 0 N–H and O–H groups in total. The second kappa shape index (κ2) is 4.11. The second-order valence-electron chi connectivity index (χ2n) is 4.19. The fraction of sp³-hybridized carbons (Fsp3) is 0. The number of benzene rings is 2. The summed E-state index contributed by atoms with van der Waals surface area (Å²) in [5.74, 6) is 1.87. The van der Waals surface area contributed by atoms with Crippen LogP contribution in [0.3, 0.4) is 0 Å². The van der Waals surface area contributed by atoms with Gasteiger partial charge >= 0.3 is 0 Å². The Balaban J connectivity index is 2.12. The minimum Gasteiger partial charge on any atom is -0.268 e. The van der Waals surface area contributed by atoms with Crippen LogP contribution in [0.4, 0.5) is 5.69 Å². The smallest absolute Gasteiger partial charge is 0.266 e. The van der Waals surface area contributed by atoms with Crippen LogP contribution in [0.1, 0.15) is 26.3 Å². The van der Waals surface area contributed by atoms with Crippen LogP contribution < -0.4 is 4.90 Å². The number of fused-ring (bicyclic) bond motifs is 1. The van der Waals surface area contributed by atoms with E-state index in [0.717, 1.165) is 4.90 Å². The van der Waals surface area contributed by atoms with Crippen LogP contribution in [-0.4, -0.2) is 11.8 Å². The first-order valence-electron chi connectivity index (χ1n) is 5.77. The first kappa shape index (κ1) is 11.2. The van der Waals surface area contributed by atoms with E-state index in [9.17, 15) is 9.59 Å². The molecule has 0 radical (unpaired) electrons. The zero-order valence-corrected chi connectivity index (χ0v) is 9.96. The van der Waals surface area contributed by atoms with Crippen molar-refractivity contribution < 1.29 is 9.59 Å². The molecule has 3 rings (SSSR count). The summed E-state index contributed by atoms with van der Waals surface area (Å²) in [7, 11) is 0. The molecule has 0 atom stereocenters. The molecule has 2 amide bonds. The summed E-state index contributed by atoms with van der Waals surface area (Å²) in [5.41, 5.74) is 1.99. The summed E-state index contributed by atoms with van der Waals surface area (Å²) >= 11 is 0. The van der Waals surface area contributed by atoms with E-state index in [1.807, 2.05) is 0 Å². The van der Waals surface area contributed by atoms with Crippen LogP contribution >= 0.6 is 0 Å². The summed E-state index contributed by atoms with van der Waals surface area (Å²) in [5, 5.41) is 0. The Labute approximate surface area is 110 Å². The fourth-order valence-electron chi connectivity index (χ4n) is 2.16. The van der Waals surface area contributed by atoms with E-state index in [2.05, 4.69) is 5.92 Å². The number of hydrogen-bond donors (Lipinski definition) is 0. The highest BCUT2D eigenvalue weighted by Crippen LogP contribution is 2.28. The van der Waals surface area contributed by atoms with Gasteiger partial charge in [-0.2, -0.15) is 0 Å². The van der Waals surface area contributed by atoms with E-state index >= 15 is 0 Å². The Morgan fingerprint density at radius 1 is 0.895 bits per heavy atom. The third-order valence-electron chi connectivity index (χ3n) is 3.07. The molecule has 0 fully saturated rings. The Hall–Kier alpha value is -2.86. The molecule has 0 aliphatic carbocycles. The molecule has 2 aromatic rings. The number of amides is 2. The molecule has 0 saturated carbocycles. The molecule has 1 aliphatic rings. The monoisotopic (exact) mass is 247 g/mol. The maximum Gasteiger partial charge on any atom is 0.266 e. The SMILES string of the molecule is C#Cc1cccc(N2C(=O)c3ccccc3C2=O)c1. The first-order valence-corrected chi connectivity index (χ1v) is 5.77. The average molecular weight is 247 g/mol. The number of imide groups is 1. The van der Waals surface area contributed by atoms with Gasteiger partial charge in [-0.15, -0.1) is 6.42 Å². The van der Waals surface area contributed by atoms with Gasteiger partial charge in [0.25, 0.3) is 11.8 Å². The number of hydrogen-bond acceptors (Lipinski definition) is 2. The predicted molar refractivity (Wildman–Crippen MR) is 72.0 cm³/mol. The number of carbonyl (C=O) groups is 2. The normalized spacial score (nSPS) is 13.3. The van der Waals surface area contributed by atoms with Crippen molar-refractivity contribution in [3.8, 4) is 12.3 Å². The van der Waals surface area contributed by atoms with Crippen LogP contribution in [0.2, 0.25) is 0 Å². The zero-order valence-electron chi connectivity index (χ0n) is 9.96. The maximum atomic E-state index is 12.3. The van der Waals surface area contributed by atoms with Gasteiger partial charge < -0.3 is 0 Å². The predicted octanol–water partition coefficient (Wildman–Crippen LogP) is 2.47. The van der Waals surface area contributed by atoms with Crippen LogP contribution in [-0.2, 0) is 0 Å². The molecule has 1 aliphatic heterocycles. The van der Waals surface area contributed by atoms with Crippen molar-refractivity contribution in [3.05, 3.63) is 65.2 Å². The molecule has 1 heterocycles. The number of anilines is 1. The lowest BCUT2D eigenvalue weighted by Crippen LogP contribution is -2.29. The van der Waals surface area contributed by atoms with E-state index in [0.29, 0.717) is 22.4 Å². The Bertz CT molecular complexity index is 705. The van der Waals surface area contributed by atoms with Crippen molar-refractivity contribution in [1.82, 2.24) is 0 Å². The summed E-state index contributed by atoms with van der Waals surface area (Å²) < 4.78 is 0. The highest BCUT2D eigenvalue weighted by Gasteiger charge is 2.36. The van der Waals surface area contributed by atoms with Crippen LogP contribution in [0.15, 0.2) is 48.5 Å². The number of nitrogens with zero attached hydrogens (tertiary/aromatic N) is 1. The average Bonchev–Trinajstić information content (AvgIpc) is 2.72. The van der Waals surface area contributed by atoms with Crippen molar-refractivity contribution in [1.29, 1.82) is 0 Å². The lowest BCUT2D eigenvalue weighted by molar-refractivity contribution is 0.0926. The largest absolute Gasteiger partial charge is 0.268 e. The Morgan fingerprint density at radius 2 is 1.53 bits per heavy atom. The van der Waals surface area contributed by atoms with Crippen molar-refractivity contribution >= 4 is 17.5 Å². The number of terminal acetylenes is 1. The van der Waals surface area contributed by atoms with E-state index < -0.39 is 0 Å². The van der Waals surface area contributed by atoms with Crippen molar-refractivity contribution in [2.75, 3.05) is 4.90 Å². The standard InChI is InChI=1S/C16H9NO2/c1-2-11-6-5-7-12(10-11)17-15(18)13-8-3-4-9-14(13)16(17)19/h1,3-10H. The van der Waals surface area contributed by atoms with Gasteiger partial charge in [-0.05, 0) is 30.3 Å². The minimum absolute atomic E-state index is 0.310. The Kier molecular flexibility index (Phi) is 2.43. The number of rotatable bonds is 1. The molecule has 19 heavy (non-hydrogen) atoms. The van der Waals surface area contributed by atoms with Crippen molar-refractivity contribution in [2.24, 2.45) is 0 Å². The van der Waals surface area contributed by atoms with Gasteiger partial charge in [-0.1, -0.05) is 24.1 Å². The summed E-state index contributed by atoms with van der Waals surface area (Å²) in [6.45, 7) is 0. The topological polar surface area (TPSA) is 37.4 Å². The molecule has 0 saturated heterocycles. The second-order valence-corrected chi connectivity index (χ2v) is 4.19. The summed E-state index contributed by atoms with van der Waals surface area (Å²) in [4.78, 5) is 25.7. The molecule has 90 valence electrons. The molecule has 3 nitrogen and oxygen atoms in total. The maximum absolute atomic E-state index is 12.3. The highest BCUT2D eigenvalue weighted by molar-refractivity contribution is 6.34. The number of carbonyl (C=O) groups excluding carboxylic acids is 2. The van der Waals surface area contributed by atoms with E-state index in [1.54, 1.807) is 48.5 Å². The first-order chi connectivity index (χ1) is 9.22. The molecule has 2 aromatic carbocycles. The lowest BCUT2D eigenvalue weighted by atomic mass is 10.1. The molecular weight excluding hydrogens is 238 g/mol. The van der Waals surface area contributed by atoms with Gasteiger partial charge in [0.05, 0.1) is 16.8 Å². The lowest BCUT2D eigenvalue weighted by Gasteiger charge is -2.13. The molecular formula is C16H9NO2.